The summed E-state index contributed by atoms with van der Waals surface area (Å²) in [5, 5.41) is -0.325. The monoisotopic (exact) mass is 499 g/mol. The van der Waals surface area contributed by atoms with Gasteiger partial charge in [0.05, 0.1) is 53.2 Å². The maximum Gasteiger partial charge on any atom is 0.232 e. The van der Waals surface area contributed by atoms with Gasteiger partial charge in [0.1, 0.15) is 23.2 Å². The van der Waals surface area contributed by atoms with Crippen LogP contribution in [-0.2, 0) is 32.2 Å². The number of pyridine rings is 1. The third-order valence-electron chi connectivity index (χ3n) is 5.85. The van der Waals surface area contributed by atoms with Gasteiger partial charge in [0.25, 0.3) is 0 Å². The van der Waals surface area contributed by atoms with Crippen molar-refractivity contribution in [3.8, 4) is 17.1 Å². The molecule has 3 heterocycles. The van der Waals surface area contributed by atoms with Gasteiger partial charge in [-0.15, -0.1) is 0 Å². The van der Waals surface area contributed by atoms with Crippen molar-refractivity contribution in [1.82, 2.24) is 24.9 Å². The number of carbonyl (C=O) groups is 1. The van der Waals surface area contributed by atoms with Gasteiger partial charge >= 0.3 is 0 Å². The molecule has 0 unspecified atom stereocenters. The molecule has 1 aliphatic carbocycles. The molecule has 0 bridgehead atoms. The van der Waals surface area contributed by atoms with E-state index < -0.39 is 21.1 Å². The minimum Gasteiger partial charge on any atom is -0.477 e. The third-order valence-corrected chi connectivity index (χ3v) is 8.00. The van der Waals surface area contributed by atoms with Crippen LogP contribution in [0.5, 0.6) is 5.88 Å². The molecule has 0 radical (unpaired) electrons. The van der Waals surface area contributed by atoms with Crippen molar-refractivity contribution >= 4 is 15.6 Å². The molecule has 0 aromatic carbocycles. The van der Waals surface area contributed by atoms with Crippen LogP contribution >= 0.6 is 0 Å². The molecule has 11 heteroatoms. The van der Waals surface area contributed by atoms with Crippen LogP contribution in [0.15, 0.2) is 36.9 Å². The fourth-order valence-electron chi connectivity index (χ4n) is 3.50. The minimum absolute atomic E-state index is 0.00802. The van der Waals surface area contributed by atoms with Crippen molar-refractivity contribution in [3.63, 3.8) is 0 Å². The molecular weight excluding hydrogens is 473 g/mol. The Balaban J connectivity index is 1.51. The fourth-order valence-corrected chi connectivity index (χ4v) is 5.09. The van der Waals surface area contributed by atoms with Gasteiger partial charge in [-0.2, -0.15) is 0 Å². The van der Waals surface area contributed by atoms with Gasteiger partial charge < -0.3 is 4.74 Å². The number of rotatable bonds is 10. The lowest BCUT2D eigenvalue weighted by Crippen LogP contribution is -2.32. The molecule has 4 rings (SSSR count). The number of hydrogen-bond acceptors (Lipinski definition) is 9. The largest absolute Gasteiger partial charge is 0.477 e. The second kappa shape index (κ2) is 9.73. The number of sulfone groups is 1. The molecule has 3 aromatic heterocycles. The lowest BCUT2D eigenvalue weighted by Gasteiger charge is -2.23. The fraction of sp³-hybridized carbons (Fsp3) is 0.417. The van der Waals surface area contributed by atoms with Crippen LogP contribution in [-0.4, -0.2) is 51.0 Å². The van der Waals surface area contributed by atoms with Crippen LogP contribution in [0.4, 0.5) is 4.39 Å². The molecule has 1 fully saturated rings. The Hall–Kier alpha value is -3.34. The second-order valence-electron chi connectivity index (χ2n) is 8.92. The van der Waals surface area contributed by atoms with Gasteiger partial charge in [0.2, 0.25) is 5.88 Å². The van der Waals surface area contributed by atoms with Crippen molar-refractivity contribution in [1.29, 1.82) is 0 Å². The zero-order chi connectivity index (χ0) is 25.2. The van der Waals surface area contributed by atoms with E-state index >= 15 is 0 Å². The van der Waals surface area contributed by atoms with Crippen LogP contribution < -0.4 is 4.74 Å². The minimum atomic E-state index is -3.30. The Bertz CT molecular complexity index is 1360. The Morgan fingerprint density at radius 2 is 1.94 bits per heavy atom. The smallest absolute Gasteiger partial charge is 0.232 e. The van der Waals surface area contributed by atoms with Crippen LogP contribution in [0.25, 0.3) is 11.3 Å². The van der Waals surface area contributed by atoms with E-state index in [9.17, 15) is 17.6 Å². The van der Waals surface area contributed by atoms with E-state index in [4.69, 9.17) is 4.74 Å². The van der Waals surface area contributed by atoms with Crippen LogP contribution in [0.1, 0.15) is 50.8 Å². The number of hydrogen-bond donors (Lipinski definition) is 0. The highest BCUT2D eigenvalue weighted by Gasteiger charge is 2.37. The molecule has 0 spiro atoms. The Morgan fingerprint density at radius 1 is 1.17 bits per heavy atom. The van der Waals surface area contributed by atoms with E-state index in [1.807, 2.05) is 6.92 Å². The van der Waals surface area contributed by atoms with Gasteiger partial charge in [-0.1, -0.05) is 0 Å². The summed E-state index contributed by atoms with van der Waals surface area (Å²) >= 11 is 0. The van der Waals surface area contributed by atoms with Crippen LogP contribution in [0.3, 0.4) is 0 Å². The molecule has 0 saturated heterocycles. The number of halogens is 1. The van der Waals surface area contributed by atoms with E-state index in [0.717, 1.165) is 0 Å². The summed E-state index contributed by atoms with van der Waals surface area (Å²) in [6, 6.07) is 2.83. The zero-order valence-electron chi connectivity index (χ0n) is 19.7. The van der Waals surface area contributed by atoms with E-state index in [1.165, 1.54) is 30.9 Å². The van der Waals surface area contributed by atoms with Crippen molar-refractivity contribution in [2.75, 3.05) is 6.61 Å². The molecule has 0 aliphatic heterocycles. The van der Waals surface area contributed by atoms with E-state index in [0.29, 0.717) is 42.3 Å². The topological polar surface area (TPSA) is 125 Å². The maximum atomic E-state index is 14.9. The predicted octanol–water partition coefficient (Wildman–Crippen LogP) is 3.03. The molecule has 0 amide bonds. The van der Waals surface area contributed by atoms with Crippen molar-refractivity contribution in [2.45, 2.75) is 56.5 Å². The molecule has 1 saturated carbocycles. The number of aromatic nitrogens is 5. The first-order valence-electron chi connectivity index (χ1n) is 11.3. The summed E-state index contributed by atoms with van der Waals surface area (Å²) in [5.41, 5.74) is 0.0647. The number of ketones is 1. The predicted molar refractivity (Wildman–Crippen MR) is 126 cm³/mol. The molecule has 1 aliphatic rings. The van der Waals surface area contributed by atoms with Gasteiger partial charge in [0, 0.05) is 18.0 Å². The summed E-state index contributed by atoms with van der Waals surface area (Å²) in [4.78, 5) is 34.0. The molecule has 35 heavy (non-hydrogen) atoms. The van der Waals surface area contributed by atoms with Crippen molar-refractivity contribution < 1.29 is 22.3 Å². The van der Waals surface area contributed by atoms with E-state index in [-0.39, 0.29) is 34.7 Å². The average Bonchev–Trinajstić information content (AvgIpc) is 3.67. The first-order valence-corrected chi connectivity index (χ1v) is 13.0. The van der Waals surface area contributed by atoms with Gasteiger partial charge in [0.15, 0.2) is 9.84 Å². The highest BCUT2D eigenvalue weighted by Crippen LogP contribution is 2.31. The summed E-state index contributed by atoms with van der Waals surface area (Å²) in [6.07, 6.45) is 6.88. The molecule has 3 aromatic rings. The summed E-state index contributed by atoms with van der Waals surface area (Å²) < 4.78 is 44.8. The number of nitrogens with zero attached hydrogens (tertiary/aromatic N) is 5. The highest BCUT2D eigenvalue weighted by atomic mass is 32.2. The maximum absolute atomic E-state index is 14.9. The molecule has 184 valence electrons. The Morgan fingerprint density at radius 3 is 2.63 bits per heavy atom. The number of carbonyl (C=O) groups excluding carboxylic acids is 1. The SMILES string of the molecule is CCOc1cncc(-c2cnc(CC(=O)C(C)(C)c3ccnc(CS(=O)(=O)C4CC4)n3)c(F)c2)n1. The Labute approximate surface area is 203 Å². The standard InChI is InChI=1S/C24H26FN5O4S/c1-4-34-23-13-26-12-19(29-23)15-9-17(25)18(28-11-15)10-21(31)24(2,3)20-7-8-27-22(30-20)14-35(32,33)16-5-6-16/h7-9,11-13,16H,4-6,10,14H2,1-3H3. The lowest BCUT2D eigenvalue weighted by molar-refractivity contribution is -0.123. The van der Waals surface area contributed by atoms with Crippen LogP contribution in [0.2, 0.25) is 0 Å². The first-order chi connectivity index (χ1) is 16.6. The van der Waals surface area contributed by atoms with Crippen LogP contribution in [0, 0.1) is 5.82 Å². The summed E-state index contributed by atoms with van der Waals surface area (Å²) in [6.45, 7) is 5.57. The quantitative estimate of drug-likeness (QED) is 0.414. The Kier molecular flexibility index (Phi) is 6.88. The molecule has 9 nitrogen and oxygen atoms in total. The van der Waals surface area contributed by atoms with E-state index in [1.54, 1.807) is 19.9 Å². The second-order valence-corrected chi connectivity index (χ2v) is 11.2. The number of ether oxygens (including phenoxy) is 1. The van der Waals surface area contributed by atoms with Crippen molar-refractivity contribution in [3.05, 3.63) is 59.9 Å². The van der Waals surface area contributed by atoms with E-state index in [2.05, 4.69) is 24.9 Å². The normalized spacial score (nSPS) is 14.1. The molecule has 0 N–H and O–H groups in total. The number of Topliss-reactive ketones (excluding diaryl/α,β-unsaturated/α-hetero) is 1. The van der Waals surface area contributed by atoms with Gasteiger partial charge in [-0.3, -0.25) is 14.8 Å². The zero-order valence-corrected chi connectivity index (χ0v) is 20.5. The average molecular weight is 500 g/mol. The summed E-state index contributed by atoms with van der Waals surface area (Å²) in [5.74, 6) is -0.751. The molecule has 0 atom stereocenters. The van der Waals surface area contributed by atoms with Gasteiger partial charge in [-0.05, 0) is 45.7 Å². The summed E-state index contributed by atoms with van der Waals surface area (Å²) in [7, 11) is -3.30. The first kappa shape index (κ1) is 24.8. The third kappa shape index (κ3) is 5.67. The van der Waals surface area contributed by atoms with Crippen molar-refractivity contribution in [2.24, 2.45) is 0 Å². The lowest BCUT2D eigenvalue weighted by atomic mass is 9.82. The highest BCUT2D eigenvalue weighted by molar-refractivity contribution is 7.91. The molecular formula is C24H26FN5O4S. The van der Waals surface area contributed by atoms with Gasteiger partial charge in [-0.25, -0.2) is 27.8 Å².